The minimum Gasteiger partial charge on any atom is -0.391 e. The molecule has 1 rings (SSSR count). The molecule has 4 heteroatoms. The zero-order chi connectivity index (χ0) is 14.1. The van der Waals surface area contributed by atoms with Crippen molar-refractivity contribution in [2.45, 2.75) is 52.3 Å². The lowest BCUT2D eigenvalue weighted by atomic mass is 9.85. The van der Waals surface area contributed by atoms with Crippen LogP contribution >= 0.6 is 0 Å². The third-order valence-corrected chi connectivity index (χ3v) is 3.53. The minimum atomic E-state index is -0.437. The molecule has 1 saturated heterocycles. The molecule has 0 spiro atoms. The molecular weight excluding hydrogens is 228 g/mol. The summed E-state index contributed by atoms with van der Waals surface area (Å²) in [6.45, 7) is 12.4. The molecule has 1 aliphatic rings. The highest BCUT2D eigenvalue weighted by Crippen LogP contribution is 2.28. The van der Waals surface area contributed by atoms with E-state index >= 15 is 0 Å². The number of amides is 1. The predicted molar refractivity (Wildman–Crippen MR) is 73.2 cm³/mol. The van der Waals surface area contributed by atoms with Gasteiger partial charge in [-0.15, -0.1) is 0 Å². The number of likely N-dealkylation sites (tertiary alicyclic amines) is 1. The van der Waals surface area contributed by atoms with Crippen LogP contribution in [0.3, 0.4) is 0 Å². The number of hydrogen-bond acceptors (Lipinski definition) is 3. The third-order valence-electron chi connectivity index (χ3n) is 3.53. The van der Waals surface area contributed by atoms with Crippen molar-refractivity contribution in [1.29, 1.82) is 0 Å². The number of β-amino-alcohol motifs (C(OH)–C–C–N with tert-alkyl or cyclic N) is 1. The van der Waals surface area contributed by atoms with Crippen LogP contribution in [0.15, 0.2) is 12.2 Å². The second kappa shape index (κ2) is 5.41. The average Bonchev–Trinajstić information content (AvgIpc) is 2.59. The van der Waals surface area contributed by atoms with Crippen LogP contribution < -0.4 is 5.32 Å². The van der Waals surface area contributed by atoms with Crippen LogP contribution in [0.4, 0.5) is 0 Å². The molecule has 0 bridgehead atoms. The van der Waals surface area contributed by atoms with Gasteiger partial charge in [0.25, 0.3) is 0 Å². The third kappa shape index (κ3) is 3.12. The van der Waals surface area contributed by atoms with Gasteiger partial charge in [0.2, 0.25) is 5.91 Å². The Morgan fingerprint density at radius 1 is 1.50 bits per heavy atom. The van der Waals surface area contributed by atoms with E-state index in [2.05, 4.69) is 11.9 Å². The van der Waals surface area contributed by atoms with Crippen molar-refractivity contribution in [1.82, 2.24) is 10.2 Å². The molecule has 0 radical (unpaired) electrons. The summed E-state index contributed by atoms with van der Waals surface area (Å²) in [6.07, 6.45) is 0.162. The van der Waals surface area contributed by atoms with Gasteiger partial charge in [-0.2, -0.15) is 0 Å². The van der Waals surface area contributed by atoms with E-state index in [0.717, 1.165) is 5.57 Å². The second-order valence-corrected chi connectivity index (χ2v) is 6.33. The smallest absolute Gasteiger partial charge is 0.240 e. The quantitative estimate of drug-likeness (QED) is 0.743. The molecule has 0 saturated carbocycles. The summed E-state index contributed by atoms with van der Waals surface area (Å²) in [5.74, 6) is 0.0505. The normalized spacial score (nSPS) is 26.2. The van der Waals surface area contributed by atoms with Crippen molar-refractivity contribution in [3.8, 4) is 0 Å². The number of carbonyl (C=O) groups excluding carboxylic acids is 1. The van der Waals surface area contributed by atoms with Crippen LogP contribution in [0, 0.1) is 5.41 Å². The summed E-state index contributed by atoms with van der Waals surface area (Å²) in [4.78, 5) is 14.4. The highest BCUT2D eigenvalue weighted by Gasteiger charge is 2.40. The molecule has 0 aromatic rings. The van der Waals surface area contributed by atoms with Gasteiger partial charge in [0.15, 0.2) is 0 Å². The standard InChI is InChI=1S/C14H26N2O2/c1-9(2)11-7-10(17)8-16(11)13(18)12(15-6)14(3,4)5/h10-12,15,17H,1,7-8H2,2-6H3/t10-,11+,12-/m1/s1. The molecule has 0 aliphatic carbocycles. The number of carbonyl (C=O) groups is 1. The topological polar surface area (TPSA) is 52.6 Å². The van der Waals surface area contributed by atoms with E-state index in [1.165, 1.54) is 0 Å². The average molecular weight is 254 g/mol. The molecule has 0 aromatic heterocycles. The van der Waals surface area contributed by atoms with Crippen LogP contribution in [0.1, 0.15) is 34.1 Å². The van der Waals surface area contributed by atoms with Gasteiger partial charge >= 0.3 is 0 Å². The maximum Gasteiger partial charge on any atom is 0.240 e. The first-order valence-corrected chi connectivity index (χ1v) is 6.49. The van der Waals surface area contributed by atoms with Gasteiger partial charge in [0, 0.05) is 6.54 Å². The first-order valence-electron chi connectivity index (χ1n) is 6.49. The number of nitrogens with one attached hydrogen (secondary N) is 1. The van der Waals surface area contributed by atoms with Gasteiger partial charge in [-0.3, -0.25) is 4.79 Å². The van der Waals surface area contributed by atoms with Crippen LogP contribution in [-0.2, 0) is 4.79 Å². The zero-order valence-electron chi connectivity index (χ0n) is 12.2. The zero-order valence-corrected chi connectivity index (χ0v) is 12.2. The Kier molecular flexibility index (Phi) is 4.56. The fourth-order valence-corrected chi connectivity index (χ4v) is 2.62. The molecule has 18 heavy (non-hydrogen) atoms. The number of nitrogens with zero attached hydrogens (tertiary/aromatic N) is 1. The van der Waals surface area contributed by atoms with E-state index < -0.39 is 6.10 Å². The van der Waals surface area contributed by atoms with Crippen molar-refractivity contribution in [3.63, 3.8) is 0 Å². The van der Waals surface area contributed by atoms with Crippen molar-refractivity contribution in [2.24, 2.45) is 5.41 Å². The van der Waals surface area contributed by atoms with E-state index in [1.54, 1.807) is 11.9 Å². The van der Waals surface area contributed by atoms with Gasteiger partial charge in [-0.25, -0.2) is 0 Å². The summed E-state index contributed by atoms with van der Waals surface area (Å²) in [7, 11) is 1.80. The Labute approximate surface area is 110 Å². The molecule has 0 aromatic carbocycles. The highest BCUT2D eigenvalue weighted by molar-refractivity contribution is 5.83. The molecule has 0 unspecified atom stereocenters. The molecule has 1 fully saturated rings. The Morgan fingerprint density at radius 2 is 2.06 bits per heavy atom. The SMILES string of the molecule is C=C(C)[C@@H]1C[C@@H](O)CN1C(=O)[C@@H](NC)C(C)(C)C. The lowest BCUT2D eigenvalue weighted by molar-refractivity contribution is -0.136. The van der Waals surface area contributed by atoms with E-state index in [-0.39, 0.29) is 23.4 Å². The molecule has 2 N–H and O–H groups in total. The number of aliphatic hydroxyl groups excluding tert-OH is 1. The van der Waals surface area contributed by atoms with Crippen LogP contribution in [-0.4, -0.2) is 47.7 Å². The Hall–Kier alpha value is -0.870. The molecule has 1 amide bonds. The minimum absolute atomic E-state index is 0.0364. The Balaban J connectivity index is 2.91. The van der Waals surface area contributed by atoms with Crippen molar-refractivity contribution >= 4 is 5.91 Å². The molecule has 104 valence electrons. The van der Waals surface area contributed by atoms with Crippen LogP contribution in [0.25, 0.3) is 0 Å². The predicted octanol–water partition coefficient (Wildman–Crippen LogP) is 1.16. The van der Waals surface area contributed by atoms with Crippen molar-refractivity contribution in [2.75, 3.05) is 13.6 Å². The van der Waals surface area contributed by atoms with Gasteiger partial charge < -0.3 is 15.3 Å². The van der Waals surface area contributed by atoms with Crippen molar-refractivity contribution in [3.05, 3.63) is 12.2 Å². The number of aliphatic hydroxyl groups is 1. The van der Waals surface area contributed by atoms with E-state index in [1.807, 2.05) is 27.7 Å². The van der Waals surface area contributed by atoms with E-state index in [4.69, 9.17) is 0 Å². The van der Waals surface area contributed by atoms with Gasteiger partial charge in [0.05, 0.1) is 18.2 Å². The highest BCUT2D eigenvalue weighted by atomic mass is 16.3. The summed E-state index contributed by atoms with van der Waals surface area (Å²) >= 11 is 0. The van der Waals surface area contributed by atoms with Crippen molar-refractivity contribution < 1.29 is 9.90 Å². The van der Waals surface area contributed by atoms with E-state index in [9.17, 15) is 9.90 Å². The van der Waals surface area contributed by atoms with E-state index in [0.29, 0.717) is 13.0 Å². The maximum atomic E-state index is 12.6. The monoisotopic (exact) mass is 254 g/mol. The van der Waals surface area contributed by atoms with Gasteiger partial charge in [-0.1, -0.05) is 32.9 Å². The van der Waals surface area contributed by atoms with Crippen LogP contribution in [0.2, 0.25) is 0 Å². The lowest BCUT2D eigenvalue weighted by Gasteiger charge is -2.35. The number of rotatable bonds is 3. The second-order valence-electron chi connectivity index (χ2n) is 6.33. The molecule has 3 atom stereocenters. The first-order chi connectivity index (χ1) is 8.18. The Bertz CT molecular complexity index is 333. The Morgan fingerprint density at radius 3 is 2.44 bits per heavy atom. The first kappa shape index (κ1) is 15.2. The van der Waals surface area contributed by atoms with Gasteiger partial charge in [-0.05, 0) is 25.8 Å². The summed E-state index contributed by atoms with van der Waals surface area (Å²) < 4.78 is 0. The maximum absolute atomic E-state index is 12.6. The fraction of sp³-hybridized carbons (Fsp3) is 0.786. The van der Waals surface area contributed by atoms with Crippen LogP contribution in [0.5, 0.6) is 0 Å². The largest absolute Gasteiger partial charge is 0.391 e. The lowest BCUT2D eigenvalue weighted by Crippen LogP contribution is -2.53. The summed E-state index contributed by atoms with van der Waals surface area (Å²) in [6, 6.07) is -0.282. The summed E-state index contributed by atoms with van der Waals surface area (Å²) in [5.41, 5.74) is 0.780. The number of likely N-dealkylation sites (N-methyl/N-ethyl adjacent to an activating group) is 1. The summed E-state index contributed by atoms with van der Waals surface area (Å²) in [5, 5.41) is 12.9. The number of hydrogen-bond donors (Lipinski definition) is 2. The molecular formula is C14H26N2O2. The van der Waals surface area contributed by atoms with Gasteiger partial charge in [0.1, 0.15) is 0 Å². The fourth-order valence-electron chi connectivity index (χ4n) is 2.62. The molecule has 1 aliphatic heterocycles. The molecule has 4 nitrogen and oxygen atoms in total. The molecule has 1 heterocycles.